The molecule has 0 N–H and O–H groups in total. The van der Waals surface area contributed by atoms with Gasteiger partial charge in [-0.25, -0.2) is 4.98 Å². The van der Waals surface area contributed by atoms with Gasteiger partial charge < -0.3 is 9.09 Å². The lowest BCUT2D eigenvalue weighted by Crippen LogP contribution is -2.36. The Bertz CT molecular complexity index is 1940. The summed E-state index contributed by atoms with van der Waals surface area (Å²) in [5, 5.41) is 4.60. The fraction of sp³-hybridized carbons (Fsp3) is 0.0263. The summed E-state index contributed by atoms with van der Waals surface area (Å²) in [4.78, 5) is 18.0. The Morgan fingerprint density at radius 1 is 0.721 bits per heavy atom. The topological polar surface area (TPSA) is 60.9 Å². The maximum Gasteiger partial charge on any atom is 0.185 e. The molecule has 0 aliphatic rings. The second-order valence-electron chi connectivity index (χ2n) is 10.3. The van der Waals surface area contributed by atoms with Crippen molar-refractivity contribution >= 4 is 22.8 Å². The minimum Gasteiger partial charge on any atom is -0.356 e. The van der Waals surface area contributed by atoms with Gasteiger partial charge in [-0.2, -0.15) is 0 Å². The van der Waals surface area contributed by atoms with Crippen molar-refractivity contribution in [2.45, 2.75) is 5.54 Å². The second-order valence-corrected chi connectivity index (χ2v) is 10.3. The number of fused-ring (bicyclic) bond motifs is 1. The van der Waals surface area contributed by atoms with E-state index in [2.05, 4.69) is 88.7 Å². The average molecular weight is 558 g/mol. The lowest BCUT2D eigenvalue weighted by molar-refractivity contribution is 0.104. The zero-order chi connectivity index (χ0) is 29.1. The van der Waals surface area contributed by atoms with Gasteiger partial charge in [0.2, 0.25) is 0 Å². The van der Waals surface area contributed by atoms with Crippen molar-refractivity contribution in [1.29, 1.82) is 0 Å². The summed E-state index contributed by atoms with van der Waals surface area (Å²) >= 11 is 0. The molecule has 2 heterocycles. The van der Waals surface area contributed by atoms with E-state index in [1.807, 2.05) is 54.9 Å². The van der Waals surface area contributed by atoms with Crippen molar-refractivity contribution in [2.24, 2.45) is 0 Å². The molecule has 0 bridgehead atoms. The van der Waals surface area contributed by atoms with Gasteiger partial charge in [-0.05, 0) is 46.5 Å². The van der Waals surface area contributed by atoms with Crippen LogP contribution in [-0.4, -0.2) is 20.5 Å². The first kappa shape index (κ1) is 26.1. The van der Waals surface area contributed by atoms with Crippen molar-refractivity contribution in [3.63, 3.8) is 0 Å². The van der Waals surface area contributed by atoms with Crippen molar-refractivity contribution in [3.8, 4) is 11.3 Å². The number of rotatable bonds is 8. The summed E-state index contributed by atoms with van der Waals surface area (Å²) in [6.45, 7) is 0. The number of hydrogen-bond acceptors (Lipinski definition) is 4. The number of ketones is 1. The predicted molar refractivity (Wildman–Crippen MR) is 170 cm³/mol. The Kier molecular flexibility index (Phi) is 6.82. The van der Waals surface area contributed by atoms with Crippen LogP contribution in [0.15, 0.2) is 163 Å². The molecule has 0 spiro atoms. The molecule has 0 unspecified atom stereocenters. The van der Waals surface area contributed by atoms with Crippen molar-refractivity contribution in [2.75, 3.05) is 0 Å². The van der Waals surface area contributed by atoms with Gasteiger partial charge >= 0.3 is 0 Å². The third-order valence-electron chi connectivity index (χ3n) is 7.83. The van der Waals surface area contributed by atoms with Crippen LogP contribution in [0.3, 0.4) is 0 Å². The molecule has 5 aromatic carbocycles. The van der Waals surface area contributed by atoms with E-state index in [0.29, 0.717) is 11.1 Å². The highest BCUT2D eigenvalue weighted by molar-refractivity contribution is 6.08. The molecule has 0 aliphatic heterocycles. The lowest BCUT2D eigenvalue weighted by Gasteiger charge is -2.37. The normalized spacial score (nSPS) is 11.7. The molecule has 2 aromatic heterocycles. The summed E-state index contributed by atoms with van der Waals surface area (Å²) in [6, 6.07) is 44.9. The van der Waals surface area contributed by atoms with E-state index in [9.17, 15) is 4.79 Å². The molecule has 5 nitrogen and oxygen atoms in total. The van der Waals surface area contributed by atoms with E-state index < -0.39 is 5.54 Å². The Morgan fingerprint density at radius 3 is 1.98 bits per heavy atom. The highest BCUT2D eigenvalue weighted by Crippen LogP contribution is 2.41. The van der Waals surface area contributed by atoms with Crippen LogP contribution in [0.5, 0.6) is 0 Å². The average Bonchev–Trinajstić information content (AvgIpc) is 3.76. The molecule has 206 valence electrons. The third-order valence-corrected chi connectivity index (χ3v) is 7.83. The molecule has 0 radical (unpaired) electrons. The Hall–Kier alpha value is -5.81. The van der Waals surface area contributed by atoms with Gasteiger partial charge in [-0.1, -0.05) is 126 Å². The van der Waals surface area contributed by atoms with Crippen LogP contribution in [0.4, 0.5) is 0 Å². The fourth-order valence-corrected chi connectivity index (χ4v) is 5.79. The zero-order valence-corrected chi connectivity index (χ0v) is 23.2. The molecule has 0 saturated heterocycles. The summed E-state index contributed by atoms with van der Waals surface area (Å²) < 4.78 is 7.37. The lowest BCUT2D eigenvalue weighted by atomic mass is 9.77. The van der Waals surface area contributed by atoms with Crippen LogP contribution in [0.25, 0.3) is 28.3 Å². The molecule has 43 heavy (non-hydrogen) atoms. The number of hydrogen-bond donors (Lipinski definition) is 0. The zero-order valence-electron chi connectivity index (χ0n) is 23.2. The Balaban J connectivity index is 1.32. The maximum absolute atomic E-state index is 13.1. The van der Waals surface area contributed by atoms with E-state index in [4.69, 9.17) is 9.51 Å². The summed E-state index contributed by atoms with van der Waals surface area (Å²) in [6.07, 6.45) is 9.07. The van der Waals surface area contributed by atoms with E-state index >= 15 is 0 Å². The minimum absolute atomic E-state index is 0.0975. The SMILES string of the molecule is O=C(C=Cc1ccccc1-c1cn(C(c2ccccc2)(c2ccccc2)c2ccccc2)cn1)c1ccc2oncc2c1. The van der Waals surface area contributed by atoms with Crippen molar-refractivity contribution in [1.82, 2.24) is 14.7 Å². The first-order valence-corrected chi connectivity index (χ1v) is 14.1. The quantitative estimate of drug-likeness (QED) is 0.107. The van der Waals surface area contributed by atoms with Gasteiger partial charge in [0.05, 0.1) is 18.2 Å². The molecular weight excluding hydrogens is 530 g/mol. The van der Waals surface area contributed by atoms with Gasteiger partial charge in [0, 0.05) is 22.7 Å². The number of nitrogens with zero attached hydrogens (tertiary/aromatic N) is 3. The Morgan fingerprint density at radius 2 is 1.33 bits per heavy atom. The molecule has 0 atom stereocenters. The summed E-state index contributed by atoms with van der Waals surface area (Å²) in [7, 11) is 0. The van der Waals surface area contributed by atoms with Crippen LogP contribution < -0.4 is 0 Å². The van der Waals surface area contributed by atoms with Crippen LogP contribution in [-0.2, 0) is 5.54 Å². The van der Waals surface area contributed by atoms with Crippen molar-refractivity contribution in [3.05, 3.63) is 186 Å². The monoisotopic (exact) mass is 557 g/mol. The van der Waals surface area contributed by atoms with Crippen LogP contribution in [0.1, 0.15) is 32.6 Å². The summed E-state index contributed by atoms with van der Waals surface area (Å²) in [5.74, 6) is -0.0975. The predicted octanol–water partition coefficient (Wildman–Crippen LogP) is 8.43. The van der Waals surface area contributed by atoms with Crippen LogP contribution in [0, 0.1) is 0 Å². The molecule has 0 fully saturated rings. The van der Waals surface area contributed by atoms with Gasteiger partial charge in [-0.15, -0.1) is 0 Å². The summed E-state index contributed by atoms with van der Waals surface area (Å²) in [5.41, 5.74) is 6.59. The first-order valence-electron chi connectivity index (χ1n) is 14.1. The minimum atomic E-state index is -0.656. The molecule has 0 amide bonds. The highest BCUT2D eigenvalue weighted by Gasteiger charge is 2.38. The second kappa shape index (κ2) is 11.2. The Labute approximate surface area is 249 Å². The fourth-order valence-electron chi connectivity index (χ4n) is 5.79. The molecule has 0 aliphatic carbocycles. The molecule has 0 saturated carbocycles. The number of aromatic nitrogens is 3. The molecular formula is C38H27N3O2. The maximum atomic E-state index is 13.1. The largest absolute Gasteiger partial charge is 0.356 e. The standard InChI is InChI=1S/C38H27N3O2/c42-36(29-21-23-37-30(24-29)25-40-43-37)22-20-28-12-10-11-19-34(28)35-26-41(27-39-35)38(31-13-4-1-5-14-31,32-15-6-2-7-16-32)33-17-8-3-9-18-33/h1-27H. The molecule has 7 rings (SSSR count). The third kappa shape index (κ3) is 4.77. The highest BCUT2D eigenvalue weighted by atomic mass is 16.5. The van der Waals surface area contributed by atoms with Gasteiger partial charge in [-0.3, -0.25) is 4.79 Å². The van der Waals surface area contributed by atoms with E-state index in [1.165, 1.54) is 0 Å². The number of carbonyl (C=O) groups is 1. The smallest absolute Gasteiger partial charge is 0.185 e. The number of imidazole rings is 1. The van der Waals surface area contributed by atoms with Gasteiger partial charge in [0.25, 0.3) is 0 Å². The molecule has 7 aromatic rings. The van der Waals surface area contributed by atoms with Gasteiger partial charge in [0.15, 0.2) is 11.4 Å². The van der Waals surface area contributed by atoms with E-state index in [0.717, 1.165) is 38.9 Å². The van der Waals surface area contributed by atoms with Crippen LogP contribution >= 0.6 is 0 Å². The van der Waals surface area contributed by atoms with E-state index in [1.54, 1.807) is 30.5 Å². The number of benzene rings is 5. The number of carbonyl (C=O) groups excluding carboxylic acids is 1. The molecule has 5 heteroatoms. The number of allylic oxidation sites excluding steroid dienone is 1. The van der Waals surface area contributed by atoms with Gasteiger partial charge in [0.1, 0.15) is 5.54 Å². The van der Waals surface area contributed by atoms with Crippen molar-refractivity contribution < 1.29 is 9.32 Å². The first-order chi connectivity index (χ1) is 21.2. The van der Waals surface area contributed by atoms with E-state index in [-0.39, 0.29) is 5.78 Å². The van der Waals surface area contributed by atoms with Crippen LogP contribution in [0.2, 0.25) is 0 Å².